The summed E-state index contributed by atoms with van der Waals surface area (Å²) < 4.78 is 11.5. The Hall–Kier alpha value is -2.16. The minimum Gasteiger partial charge on any atom is -0.496 e. The molecule has 2 N–H and O–H groups in total. The van der Waals surface area contributed by atoms with E-state index in [1.165, 1.54) is 0 Å². The number of methoxy groups -OCH3 is 1. The summed E-state index contributed by atoms with van der Waals surface area (Å²) in [6.45, 7) is 5.14. The maximum atomic E-state index is 12.6. The topological polar surface area (TPSA) is 62.8 Å². The highest BCUT2D eigenvalue weighted by molar-refractivity contribution is 9.10. The number of hydrogen-bond acceptors (Lipinski definition) is 5. The first-order valence-corrected chi connectivity index (χ1v) is 10.1. The molecule has 0 radical (unpaired) electrons. The highest BCUT2D eigenvalue weighted by Crippen LogP contribution is 2.27. The summed E-state index contributed by atoms with van der Waals surface area (Å²) in [6.07, 6.45) is 0. The Balaban J connectivity index is 1.63. The molecular formula is C20H22BrN3O3S. The molecule has 148 valence electrons. The Bertz CT molecular complexity index is 868. The molecule has 2 aromatic carbocycles. The summed E-state index contributed by atoms with van der Waals surface area (Å²) in [6, 6.07) is 11.5. The van der Waals surface area contributed by atoms with Crippen molar-refractivity contribution in [1.29, 1.82) is 0 Å². The molecular weight excluding hydrogens is 442 g/mol. The Morgan fingerprint density at radius 2 is 1.89 bits per heavy atom. The Morgan fingerprint density at radius 3 is 2.54 bits per heavy atom. The van der Waals surface area contributed by atoms with Crippen molar-refractivity contribution in [1.82, 2.24) is 5.32 Å². The van der Waals surface area contributed by atoms with Crippen LogP contribution < -0.4 is 20.3 Å². The van der Waals surface area contributed by atoms with E-state index in [2.05, 4.69) is 31.5 Å². The molecule has 8 heteroatoms. The Morgan fingerprint density at radius 1 is 1.21 bits per heavy atom. The van der Waals surface area contributed by atoms with Crippen LogP contribution in [0.5, 0.6) is 5.75 Å². The van der Waals surface area contributed by atoms with Crippen LogP contribution in [0.2, 0.25) is 0 Å². The molecule has 1 aliphatic rings. The van der Waals surface area contributed by atoms with Crippen LogP contribution in [0.1, 0.15) is 15.9 Å². The molecule has 1 aliphatic heterocycles. The third kappa shape index (κ3) is 5.01. The number of amides is 1. The van der Waals surface area contributed by atoms with Crippen LogP contribution >= 0.6 is 28.1 Å². The van der Waals surface area contributed by atoms with Gasteiger partial charge in [-0.1, -0.05) is 15.9 Å². The summed E-state index contributed by atoms with van der Waals surface area (Å²) >= 11 is 8.70. The van der Waals surface area contributed by atoms with Gasteiger partial charge in [0.2, 0.25) is 0 Å². The average Bonchev–Trinajstić information content (AvgIpc) is 2.68. The van der Waals surface area contributed by atoms with Crippen molar-refractivity contribution in [3.63, 3.8) is 0 Å². The number of aryl methyl sites for hydroxylation is 1. The zero-order valence-corrected chi connectivity index (χ0v) is 18.2. The summed E-state index contributed by atoms with van der Waals surface area (Å²) in [4.78, 5) is 14.9. The van der Waals surface area contributed by atoms with E-state index in [9.17, 15) is 4.79 Å². The highest BCUT2D eigenvalue weighted by atomic mass is 79.9. The zero-order valence-electron chi connectivity index (χ0n) is 15.8. The molecule has 1 fully saturated rings. The van der Waals surface area contributed by atoms with E-state index in [1.807, 2.05) is 37.3 Å². The Labute approximate surface area is 178 Å². The van der Waals surface area contributed by atoms with Gasteiger partial charge < -0.3 is 19.7 Å². The van der Waals surface area contributed by atoms with Crippen LogP contribution in [0.15, 0.2) is 40.9 Å². The summed E-state index contributed by atoms with van der Waals surface area (Å²) in [5.41, 5.74) is 3.22. The number of nitrogens with zero attached hydrogens (tertiary/aromatic N) is 1. The molecule has 0 bridgehead atoms. The molecule has 28 heavy (non-hydrogen) atoms. The van der Waals surface area contributed by atoms with Gasteiger partial charge in [0.1, 0.15) is 5.75 Å². The van der Waals surface area contributed by atoms with Gasteiger partial charge >= 0.3 is 0 Å². The van der Waals surface area contributed by atoms with E-state index in [0.29, 0.717) is 11.3 Å². The second-order valence-corrected chi connectivity index (χ2v) is 7.68. The number of anilines is 2. The first-order valence-electron chi connectivity index (χ1n) is 8.87. The molecule has 0 aromatic heterocycles. The van der Waals surface area contributed by atoms with Gasteiger partial charge in [-0.15, -0.1) is 0 Å². The van der Waals surface area contributed by atoms with Gasteiger partial charge in [0.15, 0.2) is 5.11 Å². The zero-order chi connectivity index (χ0) is 20.1. The van der Waals surface area contributed by atoms with Crippen LogP contribution in [0.25, 0.3) is 0 Å². The van der Waals surface area contributed by atoms with Gasteiger partial charge in [0.25, 0.3) is 5.91 Å². The van der Waals surface area contributed by atoms with E-state index in [0.717, 1.165) is 47.7 Å². The molecule has 1 amide bonds. The number of carbonyl (C=O) groups is 1. The number of hydrogen-bond donors (Lipinski definition) is 2. The van der Waals surface area contributed by atoms with E-state index in [4.69, 9.17) is 21.7 Å². The number of thiocarbonyl (C=S) groups is 1. The SMILES string of the molecule is COc1c(C)cc(Br)cc1C(=O)NC(=S)Nc1ccc(N2CCOCC2)cc1. The van der Waals surface area contributed by atoms with Gasteiger partial charge in [0.05, 0.1) is 25.9 Å². The summed E-state index contributed by atoms with van der Waals surface area (Å²) in [5, 5.41) is 5.97. The molecule has 0 aliphatic carbocycles. The first kappa shape index (κ1) is 20.6. The molecule has 3 rings (SSSR count). The lowest BCUT2D eigenvalue weighted by molar-refractivity contribution is 0.0974. The summed E-state index contributed by atoms with van der Waals surface area (Å²) in [7, 11) is 1.54. The van der Waals surface area contributed by atoms with Gasteiger partial charge in [-0.3, -0.25) is 10.1 Å². The molecule has 0 unspecified atom stereocenters. The number of carbonyl (C=O) groups excluding carboxylic acids is 1. The fraction of sp³-hybridized carbons (Fsp3) is 0.300. The highest BCUT2D eigenvalue weighted by Gasteiger charge is 2.17. The van der Waals surface area contributed by atoms with Crippen molar-refractivity contribution in [2.24, 2.45) is 0 Å². The maximum absolute atomic E-state index is 12.6. The number of nitrogens with one attached hydrogen (secondary N) is 2. The minimum absolute atomic E-state index is 0.226. The molecule has 1 saturated heterocycles. The monoisotopic (exact) mass is 463 g/mol. The number of halogens is 1. The fourth-order valence-corrected chi connectivity index (χ4v) is 3.86. The van der Waals surface area contributed by atoms with Gasteiger partial charge in [-0.25, -0.2) is 0 Å². The molecule has 0 spiro atoms. The van der Waals surface area contributed by atoms with Crippen LogP contribution in [-0.2, 0) is 4.74 Å². The predicted molar refractivity (Wildman–Crippen MR) is 119 cm³/mol. The maximum Gasteiger partial charge on any atom is 0.261 e. The number of benzene rings is 2. The van der Waals surface area contributed by atoms with Crippen molar-refractivity contribution < 1.29 is 14.3 Å². The largest absolute Gasteiger partial charge is 0.496 e. The first-order chi connectivity index (χ1) is 13.5. The van der Waals surface area contributed by atoms with Gasteiger partial charge in [-0.2, -0.15) is 0 Å². The van der Waals surface area contributed by atoms with Crippen molar-refractivity contribution in [2.75, 3.05) is 43.6 Å². The molecule has 2 aromatic rings. The Kier molecular flexibility index (Phi) is 6.88. The molecule has 1 heterocycles. The van der Waals surface area contributed by atoms with Crippen LogP contribution in [0, 0.1) is 6.92 Å². The van der Waals surface area contributed by atoms with Crippen molar-refractivity contribution in [2.45, 2.75) is 6.92 Å². The van der Waals surface area contributed by atoms with E-state index >= 15 is 0 Å². The number of rotatable bonds is 4. The van der Waals surface area contributed by atoms with Crippen LogP contribution in [0.3, 0.4) is 0 Å². The minimum atomic E-state index is -0.330. The van der Waals surface area contributed by atoms with Crippen LogP contribution in [0.4, 0.5) is 11.4 Å². The molecule has 6 nitrogen and oxygen atoms in total. The van der Waals surface area contributed by atoms with Crippen molar-refractivity contribution in [3.05, 3.63) is 52.0 Å². The lowest BCUT2D eigenvalue weighted by Gasteiger charge is -2.28. The standard InChI is InChI=1S/C20H22BrN3O3S/c1-13-11-14(21)12-17(18(13)26-2)19(25)23-20(28)22-15-3-5-16(6-4-15)24-7-9-27-10-8-24/h3-6,11-12H,7-10H2,1-2H3,(H2,22,23,25,28). The smallest absolute Gasteiger partial charge is 0.261 e. The number of morpholine rings is 1. The van der Waals surface area contributed by atoms with E-state index < -0.39 is 0 Å². The lowest BCUT2D eigenvalue weighted by Crippen LogP contribution is -2.36. The normalized spacial score (nSPS) is 13.8. The van der Waals surface area contributed by atoms with Crippen LogP contribution in [-0.4, -0.2) is 44.4 Å². The third-order valence-corrected chi connectivity index (χ3v) is 5.08. The molecule has 0 atom stereocenters. The number of ether oxygens (including phenoxy) is 2. The predicted octanol–water partition coefficient (Wildman–Crippen LogP) is 3.73. The van der Waals surface area contributed by atoms with Gasteiger partial charge in [-0.05, 0) is 61.1 Å². The lowest BCUT2D eigenvalue weighted by atomic mass is 10.1. The fourth-order valence-electron chi connectivity index (χ4n) is 3.08. The summed E-state index contributed by atoms with van der Waals surface area (Å²) in [5.74, 6) is 0.196. The molecule has 0 saturated carbocycles. The average molecular weight is 464 g/mol. The van der Waals surface area contributed by atoms with Crippen molar-refractivity contribution in [3.8, 4) is 5.75 Å². The second kappa shape index (κ2) is 9.36. The van der Waals surface area contributed by atoms with Gasteiger partial charge in [0, 0.05) is 28.9 Å². The van der Waals surface area contributed by atoms with E-state index in [1.54, 1.807) is 13.2 Å². The quantitative estimate of drug-likeness (QED) is 0.673. The van der Waals surface area contributed by atoms with Crippen molar-refractivity contribution >= 4 is 50.5 Å². The van der Waals surface area contributed by atoms with E-state index in [-0.39, 0.29) is 11.0 Å². The third-order valence-electron chi connectivity index (χ3n) is 4.42. The second-order valence-electron chi connectivity index (χ2n) is 6.36.